The number of pyridine rings is 1. The van der Waals surface area contributed by atoms with Crippen molar-refractivity contribution in [3.8, 4) is 5.75 Å². The summed E-state index contributed by atoms with van der Waals surface area (Å²) in [5, 5.41) is 3.35. The van der Waals surface area contributed by atoms with Crippen LogP contribution < -0.4 is 10.1 Å². The van der Waals surface area contributed by atoms with Crippen molar-refractivity contribution in [3.63, 3.8) is 0 Å². The predicted molar refractivity (Wildman–Crippen MR) is 89.8 cm³/mol. The normalized spacial score (nSPS) is 12.2. The van der Waals surface area contributed by atoms with Crippen LogP contribution >= 0.6 is 15.9 Å². The van der Waals surface area contributed by atoms with Crippen molar-refractivity contribution in [2.75, 3.05) is 13.7 Å². The van der Waals surface area contributed by atoms with Gasteiger partial charge in [0.05, 0.1) is 18.8 Å². The summed E-state index contributed by atoms with van der Waals surface area (Å²) in [6.07, 6.45) is 4.64. The van der Waals surface area contributed by atoms with Crippen LogP contribution in [0.4, 0.5) is 0 Å². The summed E-state index contributed by atoms with van der Waals surface area (Å²) in [5.74, 6) is 0.823. The topological polar surface area (TPSA) is 34.1 Å². The zero-order chi connectivity index (χ0) is 15.2. The van der Waals surface area contributed by atoms with Gasteiger partial charge in [0.15, 0.2) is 0 Å². The molecule has 1 aromatic carbocycles. The summed E-state index contributed by atoms with van der Waals surface area (Å²) in [6, 6.07) is 8.55. The minimum Gasteiger partial charge on any atom is -0.492 e. The van der Waals surface area contributed by atoms with Crippen molar-refractivity contribution >= 4 is 15.9 Å². The standard InChI is InChI=1S/C17H21BrN2O/c1-4-7-21-15-9-14(10-20-11-15)17(19-3)13-5-6-16(18)12(2)8-13/h5-6,8-11,17,19H,4,7H2,1-3H3. The van der Waals surface area contributed by atoms with Crippen LogP contribution in [0.3, 0.4) is 0 Å². The number of halogens is 1. The minimum absolute atomic E-state index is 0.106. The third-order valence-corrected chi connectivity index (χ3v) is 4.23. The summed E-state index contributed by atoms with van der Waals surface area (Å²) >= 11 is 3.54. The second-order valence-electron chi connectivity index (χ2n) is 5.03. The maximum Gasteiger partial charge on any atom is 0.137 e. The minimum atomic E-state index is 0.106. The highest BCUT2D eigenvalue weighted by Gasteiger charge is 2.14. The number of hydrogen-bond donors (Lipinski definition) is 1. The third-order valence-electron chi connectivity index (χ3n) is 3.34. The lowest BCUT2D eigenvalue weighted by molar-refractivity contribution is 0.315. The Balaban J connectivity index is 2.30. The van der Waals surface area contributed by atoms with Crippen molar-refractivity contribution in [1.82, 2.24) is 10.3 Å². The Morgan fingerprint density at radius 3 is 2.71 bits per heavy atom. The molecule has 0 spiro atoms. The first kappa shape index (κ1) is 16.0. The van der Waals surface area contributed by atoms with E-state index in [2.05, 4.69) is 64.3 Å². The average Bonchev–Trinajstić information content (AvgIpc) is 2.50. The van der Waals surface area contributed by atoms with Gasteiger partial charge in [-0.05, 0) is 49.2 Å². The molecule has 0 saturated carbocycles. The number of rotatable bonds is 6. The molecule has 2 aromatic rings. The molecule has 0 fully saturated rings. The molecule has 0 aliphatic rings. The van der Waals surface area contributed by atoms with Gasteiger partial charge in [-0.15, -0.1) is 0 Å². The van der Waals surface area contributed by atoms with E-state index in [0.29, 0.717) is 6.61 Å². The number of nitrogens with one attached hydrogen (secondary N) is 1. The van der Waals surface area contributed by atoms with E-state index in [4.69, 9.17) is 4.74 Å². The number of ether oxygens (including phenoxy) is 1. The molecule has 4 heteroatoms. The molecule has 3 nitrogen and oxygen atoms in total. The van der Waals surface area contributed by atoms with Crippen LogP contribution in [0.2, 0.25) is 0 Å². The predicted octanol–water partition coefficient (Wildman–Crippen LogP) is 4.25. The largest absolute Gasteiger partial charge is 0.492 e. The Morgan fingerprint density at radius 1 is 1.24 bits per heavy atom. The Hall–Kier alpha value is -1.39. The van der Waals surface area contributed by atoms with Crippen molar-refractivity contribution in [2.24, 2.45) is 0 Å². The van der Waals surface area contributed by atoms with E-state index in [1.54, 1.807) is 6.20 Å². The molecule has 0 aliphatic heterocycles. The maximum atomic E-state index is 5.67. The van der Waals surface area contributed by atoms with Crippen LogP contribution in [0.15, 0.2) is 41.1 Å². The smallest absolute Gasteiger partial charge is 0.137 e. The number of aromatic nitrogens is 1. The summed E-state index contributed by atoms with van der Waals surface area (Å²) in [6.45, 7) is 4.91. The molecular formula is C17H21BrN2O. The molecule has 1 unspecified atom stereocenters. The molecule has 0 aliphatic carbocycles. The first-order valence-electron chi connectivity index (χ1n) is 7.16. The Kier molecular flexibility index (Phi) is 5.76. The molecule has 1 N–H and O–H groups in total. The van der Waals surface area contributed by atoms with Gasteiger partial charge in [0.2, 0.25) is 0 Å². The summed E-state index contributed by atoms with van der Waals surface area (Å²) < 4.78 is 6.80. The monoisotopic (exact) mass is 348 g/mol. The molecular weight excluding hydrogens is 328 g/mol. The molecule has 2 rings (SSSR count). The number of nitrogens with zero attached hydrogens (tertiary/aromatic N) is 1. The fraction of sp³-hybridized carbons (Fsp3) is 0.353. The van der Waals surface area contributed by atoms with Gasteiger partial charge in [0.1, 0.15) is 5.75 Å². The molecule has 1 atom stereocenters. The van der Waals surface area contributed by atoms with E-state index in [9.17, 15) is 0 Å². The first-order valence-corrected chi connectivity index (χ1v) is 7.96. The summed E-state index contributed by atoms with van der Waals surface area (Å²) in [5.41, 5.74) is 3.54. The van der Waals surface area contributed by atoms with Crippen LogP contribution in [0.1, 0.15) is 36.1 Å². The lowest BCUT2D eigenvalue weighted by Crippen LogP contribution is -2.18. The highest BCUT2D eigenvalue weighted by atomic mass is 79.9. The summed E-state index contributed by atoms with van der Waals surface area (Å²) in [4.78, 5) is 4.30. The molecule has 112 valence electrons. The fourth-order valence-electron chi connectivity index (χ4n) is 2.27. The number of benzene rings is 1. The second kappa shape index (κ2) is 7.57. The molecule has 1 aromatic heterocycles. The fourth-order valence-corrected chi connectivity index (χ4v) is 2.51. The van der Waals surface area contributed by atoms with E-state index in [0.717, 1.165) is 22.2 Å². The molecule has 0 amide bonds. The van der Waals surface area contributed by atoms with Gasteiger partial charge in [0, 0.05) is 10.7 Å². The van der Waals surface area contributed by atoms with Gasteiger partial charge < -0.3 is 10.1 Å². The third kappa shape index (κ3) is 4.05. The molecule has 0 bridgehead atoms. The van der Waals surface area contributed by atoms with Gasteiger partial charge in [-0.25, -0.2) is 0 Å². The quantitative estimate of drug-likeness (QED) is 0.847. The van der Waals surface area contributed by atoms with Crippen molar-refractivity contribution < 1.29 is 4.74 Å². The van der Waals surface area contributed by atoms with E-state index in [1.807, 2.05) is 13.2 Å². The number of aryl methyl sites for hydroxylation is 1. The zero-order valence-corrected chi connectivity index (χ0v) is 14.3. The van der Waals surface area contributed by atoms with Crippen LogP contribution in [-0.4, -0.2) is 18.6 Å². The second-order valence-corrected chi connectivity index (χ2v) is 5.89. The first-order chi connectivity index (χ1) is 10.2. The van der Waals surface area contributed by atoms with Crippen molar-refractivity contribution in [2.45, 2.75) is 26.3 Å². The molecule has 0 radical (unpaired) electrons. The van der Waals surface area contributed by atoms with Gasteiger partial charge in [-0.1, -0.05) is 35.0 Å². The van der Waals surface area contributed by atoms with Crippen molar-refractivity contribution in [3.05, 3.63) is 57.8 Å². The van der Waals surface area contributed by atoms with Gasteiger partial charge in [-0.2, -0.15) is 0 Å². The maximum absolute atomic E-state index is 5.67. The van der Waals surface area contributed by atoms with E-state index in [1.165, 1.54) is 11.1 Å². The van der Waals surface area contributed by atoms with Crippen LogP contribution in [0, 0.1) is 6.92 Å². The Morgan fingerprint density at radius 2 is 2.05 bits per heavy atom. The highest BCUT2D eigenvalue weighted by Crippen LogP contribution is 2.27. The zero-order valence-electron chi connectivity index (χ0n) is 12.7. The van der Waals surface area contributed by atoms with Gasteiger partial charge in [0.25, 0.3) is 0 Å². The van der Waals surface area contributed by atoms with Crippen LogP contribution in [0.5, 0.6) is 5.75 Å². The lowest BCUT2D eigenvalue weighted by atomic mass is 9.99. The molecule has 0 saturated heterocycles. The van der Waals surface area contributed by atoms with Crippen LogP contribution in [-0.2, 0) is 0 Å². The van der Waals surface area contributed by atoms with Crippen LogP contribution in [0.25, 0.3) is 0 Å². The molecule has 21 heavy (non-hydrogen) atoms. The van der Waals surface area contributed by atoms with Crippen molar-refractivity contribution in [1.29, 1.82) is 0 Å². The van der Waals surface area contributed by atoms with E-state index >= 15 is 0 Å². The Labute approximate surface area is 134 Å². The summed E-state index contributed by atoms with van der Waals surface area (Å²) in [7, 11) is 1.96. The SMILES string of the molecule is CCCOc1cncc(C(NC)c2ccc(Br)c(C)c2)c1. The Bertz CT molecular complexity index is 601. The highest BCUT2D eigenvalue weighted by molar-refractivity contribution is 9.10. The van der Waals surface area contributed by atoms with Gasteiger partial charge >= 0.3 is 0 Å². The van der Waals surface area contributed by atoms with E-state index < -0.39 is 0 Å². The number of hydrogen-bond acceptors (Lipinski definition) is 3. The van der Waals surface area contributed by atoms with E-state index in [-0.39, 0.29) is 6.04 Å². The molecule has 1 heterocycles. The lowest BCUT2D eigenvalue weighted by Gasteiger charge is -2.18. The average molecular weight is 349 g/mol. The van der Waals surface area contributed by atoms with Gasteiger partial charge in [-0.3, -0.25) is 4.98 Å².